The summed E-state index contributed by atoms with van der Waals surface area (Å²) in [6.07, 6.45) is 2.74. The highest BCUT2D eigenvalue weighted by Crippen LogP contribution is 2.51. The molecule has 2 heterocycles. The van der Waals surface area contributed by atoms with Gasteiger partial charge in [-0.25, -0.2) is 13.8 Å². The van der Waals surface area contributed by atoms with Crippen LogP contribution >= 0.6 is 0 Å². The number of nitrogens with zero attached hydrogens (tertiary/aromatic N) is 2. The fourth-order valence-corrected chi connectivity index (χ4v) is 4.89. The number of carbonyl (C=O) groups excluding carboxylic acids is 1. The number of carbonyl (C=O) groups is 1. The van der Waals surface area contributed by atoms with Crippen molar-refractivity contribution in [3.05, 3.63) is 51.9 Å². The molecular weight excluding hydrogens is 376 g/mol. The summed E-state index contributed by atoms with van der Waals surface area (Å²) in [7, 11) is 0. The van der Waals surface area contributed by atoms with E-state index in [4.69, 9.17) is 4.98 Å². The quantitative estimate of drug-likeness (QED) is 0.861. The average Bonchev–Trinajstić information content (AvgIpc) is 3.16. The zero-order chi connectivity index (χ0) is 20.2. The van der Waals surface area contributed by atoms with Crippen molar-refractivity contribution in [1.82, 2.24) is 14.9 Å². The van der Waals surface area contributed by atoms with Gasteiger partial charge in [-0.15, -0.1) is 0 Å². The van der Waals surface area contributed by atoms with Crippen molar-refractivity contribution in [2.75, 3.05) is 13.1 Å². The second-order valence-corrected chi connectivity index (χ2v) is 8.64. The summed E-state index contributed by atoms with van der Waals surface area (Å²) < 4.78 is 26.3. The topological polar surface area (TPSA) is 66.1 Å². The summed E-state index contributed by atoms with van der Waals surface area (Å²) in [6, 6.07) is 9.57. The largest absolute Gasteiger partial charge is 0.343 e. The highest BCUT2D eigenvalue weighted by Gasteiger charge is 2.57. The molecule has 1 aromatic heterocycles. The maximum atomic E-state index is 13.1. The number of hydrogen-bond acceptors (Lipinski definition) is 3. The Kier molecular flexibility index (Phi) is 4.12. The molecule has 0 radical (unpaired) electrons. The van der Waals surface area contributed by atoms with E-state index in [1.54, 1.807) is 4.90 Å². The summed E-state index contributed by atoms with van der Waals surface area (Å²) in [5.74, 6) is -3.04. The van der Waals surface area contributed by atoms with E-state index in [0.717, 1.165) is 36.1 Å². The molecule has 3 aliphatic rings. The highest BCUT2D eigenvalue weighted by atomic mass is 19.3. The first kappa shape index (κ1) is 18.5. The van der Waals surface area contributed by atoms with E-state index in [1.165, 1.54) is 0 Å². The van der Waals surface area contributed by atoms with Crippen LogP contribution in [0.5, 0.6) is 0 Å². The number of amides is 1. The Morgan fingerprint density at radius 1 is 1.17 bits per heavy atom. The molecule has 1 N–H and O–H groups in total. The Morgan fingerprint density at radius 3 is 2.52 bits per heavy atom. The molecule has 1 spiro atoms. The predicted molar refractivity (Wildman–Crippen MR) is 104 cm³/mol. The van der Waals surface area contributed by atoms with E-state index in [0.29, 0.717) is 25.3 Å². The van der Waals surface area contributed by atoms with Crippen molar-refractivity contribution < 1.29 is 13.6 Å². The minimum Gasteiger partial charge on any atom is -0.343 e. The molecule has 2 aromatic rings. The third-order valence-electron chi connectivity index (χ3n) is 6.87. The number of likely N-dealkylation sites (tertiary alicyclic amines) is 1. The normalized spacial score (nSPS) is 23.8. The molecule has 7 heteroatoms. The first-order valence-corrected chi connectivity index (χ1v) is 10.2. The van der Waals surface area contributed by atoms with Crippen molar-refractivity contribution >= 4 is 5.91 Å². The minimum absolute atomic E-state index is 0.0628. The number of piperidine rings is 1. The van der Waals surface area contributed by atoms with Crippen LogP contribution in [0.4, 0.5) is 8.78 Å². The summed E-state index contributed by atoms with van der Waals surface area (Å²) in [6.45, 7) is 1.07. The molecule has 1 amide bonds. The summed E-state index contributed by atoms with van der Waals surface area (Å²) in [5, 5.41) is 0. The number of nitrogens with one attached hydrogen (secondary N) is 1. The standard InChI is InChI=1S/C22H23F2N3O2/c23-22(24)13-15(22)12-17(28)27-10-8-21(9-11-27)7-6-16-18(21)25-19(26-20(16)29)14-4-2-1-3-5-14/h1-5,15H,6-13H2,(H,25,26,29). The van der Waals surface area contributed by atoms with Crippen LogP contribution in [0.25, 0.3) is 11.4 Å². The monoisotopic (exact) mass is 399 g/mol. The molecule has 1 atom stereocenters. The van der Waals surface area contributed by atoms with Crippen LogP contribution in [0.2, 0.25) is 0 Å². The summed E-state index contributed by atoms with van der Waals surface area (Å²) in [5.41, 5.74) is 2.20. The minimum atomic E-state index is -2.66. The molecule has 1 saturated carbocycles. The van der Waals surface area contributed by atoms with Crippen molar-refractivity contribution in [2.45, 2.75) is 49.9 Å². The van der Waals surface area contributed by atoms with E-state index in [-0.39, 0.29) is 29.7 Å². The van der Waals surface area contributed by atoms with E-state index in [1.807, 2.05) is 30.3 Å². The SMILES string of the molecule is O=C(CC1CC1(F)F)N1CCC2(CCc3c2nc(-c2ccccc2)[nH]c3=O)CC1. The van der Waals surface area contributed by atoms with Crippen molar-refractivity contribution in [2.24, 2.45) is 5.92 Å². The predicted octanol–water partition coefficient (Wildman–Crippen LogP) is 3.29. The van der Waals surface area contributed by atoms with E-state index < -0.39 is 11.8 Å². The molecule has 1 saturated heterocycles. The second kappa shape index (κ2) is 6.47. The Balaban J connectivity index is 1.36. The van der Waals surface area contributed by atoms with Crippen molar-refractivity contribution in [1.29, 1.82) is 0 Å². The fraction of sp³-hybridized carbons (Fsp3) is 0.500. The maximum absolute atomic E-state index is 13.1. The van der Waals surface area contributed by atoms with Gasteiger partial charge in [0.1, 0.15) is 5.82 Å². The van der Waals surface area contributed by atoms with Gasteiger partial charge in [-0.3, -0.25) is 9.59 Å². The number of halogens is 2. The van der Waals surface area contributed by atoms with Gasteiger partial charge in [0.2, 0.25) is 5.91 Å². The van der Waals surface area contributed by atoms with Crippen LogP contribution in [0, 0.1) is 5.92 Å². The van der Waals surface area contributed by atoms with Gasteiger partial charge in [0.25, 0.3) is 11.5 Å². The van der Waals surface area contributed by atoms with Gasteiger partial charge in [0.05, 0.1) is 5.69 Å². The first-order valence-electron chi connectivity index (χ1n) is 10.2. The number of rotatable bonds is 3. The van der Waals surface area contributed by atoms with Gasteiger partial charge in [-0.1, -0.05) is 30.3 Å². The van der Waals surface area contributed by atoms with Gasteiger partial charge in [0, 0.05) is 48.4 Å². The Morgan fingerprint density at radius 2 is 1.86 bits per heavy atom. The lowest BCUT2D eigenvalue weighted by atomic mass is 9.76. The molecular formula is C22H23F2N3O2. The molecule has 1 aliphatic heterocycles. The zero-order valence-corrected chi connectivity index (χ0v) is 16.1. The number of fused-ring (bicyclic) bond motifs is 2. The van der Waals surface area contributed by atoms with Gasteiger partial charge in [-0.05, 0) is 25.7 Å². The number of alkyl halides is 2. The Hall–Kier alpha value is -2.57. The van der Waals surface area contributed by atoms with Gasteiger partial charge in [0.15, 0.2) is 0 Å². The van der Waals surface area contributed by atoms with Crippen LogP contribution in [-0.2, 0) is 16.6 Å². The molecule has 1 aromatic carbocycles. The van der Waals surface area contributed by atoms with Gasteiger partial charge < -0.3 is 9.88 Å². The number of aromatic amines is 1. The highest BCUT2D eigenvalue weighted by molar-refractivity contribution is 5.77. The van der Waals surface area contributed by atoms with Crippen molar-refractivity contribution in [3.8, 4) is 11.4 Å². The van der Waals surface area contributed by atoms with Crippen LogP contribution in [-0.4, -0.2) is 39.8 Å². The molecule has 0 bridgehead atoms. The fourth-order valence-electron chi connectivity index (χ4n) is 4.89. The molecule has 29 heavy (non-hydrogen) atoms. The van der Waals surface area contributed by atoms with Crippen molar-refractivity contribution in [3.63, 3.8) is 0 Å². The molecule has 152 valence electrons. The first-order chi connectivity index (χ1) is 13.9. The maximum Gasteiger partial charge on any atom is 0.254 e. The number of H-pyrrole nitrogens is 1. The smallest absolute Gasteiger partial charge is 0.254 e. The second-order valence-electron chi connectivity index (χ2n) is 8.64. The van der Waals surface area contributed by atoms with E-state index >= 15 is 0 Å². The Bertz CT molecular complexity index is 1010. The number of hydrogen-bond donors (Lipinski definition) is 1. The lowest BCUT2D eigenvalue weighted by Crippen LogP contribution is -2.45. The Labute approximate surface area is 167 Å². The van der Waals surface area contributed by atoms with Crippen LogP contribution in [0.1, 0.15) is 43.4 Å². The summed E-state index contributed by atoms with van der Waals surface area (Å²) >= 11 is 0. The lowest BCUT2D eigenvalue weighted by molar-refractivity contribution is -0.133. The van der Waals surface area contributed by atoms with Crippen LogP contribution in [0.15, 0.2) is 35.1 Å². The third kappa shape index (κ3) is 3.16. The van der Waals surface area contributed by atoms with E-state index in [2.05, 4.69) is 4.98 Å². The molecule has 5 nitrogen and oxygen atoms in total. The molecule has 1 unspecified atom stereocenters. The average molecular weight is 399 g/mol. The summed E-state index contributed by atoms with van der Waals surface area (Å²) in [4.78, 5) is 34.5. The van der Waals surface area contributed by atoms with E-state index in [9.17, 15) is 18.4 Å². The lowest BCUT2D eigenvalue weighted by Gasteiger charge is -2.39. The van der Waals surface area contributed by atoms with Crippen LogP contribution in [0.3, 0.4) is 0 Å². The molecule has 5 rings (SSSR count). The zero-order valence-electron chi connectivity index (χ0n) is 16.1. The third-order valence-corrected chi connectivity index (χ3v) is 6.87. The number of aromatic nitrogens is 2. The van der Waals surface area contributed by atoms with Gasteiger partial charge >= 0.3 is 0 Å². The molecule has 2 aliphatic carbocycles. The van der Waals surface area contributed by atoms with Crippen LogP contribution < -0.4 is 5.56 Å². The van der Waals surface area contributed by atoms with Gasteiger partial charge in [-0.2, -0.15) is 0 Å². The number of benzene rings is 1. The molecule has 2 fully saturated rings.